The van der Waals surface area contributed by atoms with Crippen LogP contribution in [0.1, 0.15) is 29.7 Å². The van der Waals surface area contributed by atoms with Crippen LogP contribution in [0.5, 0.6) is 0 Å². The maximum atomic E-state index is 13.6. The molecule has 13 heteroatoms. The first kappa shape index (κ1) is 31.5. The lowest BCUT2D eigenvalue weighted by atomic mass is 10.0. The topological polar surface area (TPSA) is 222 Å². The van der Waals surface area contributed by atoms with Crippen molar-refractivity contribution in [1.82, 2.24) is 25.9 Å². The zero-order valence-corrected chi connectivity index (χ0v) is 22.9. The zero-order chi connectivity index (χ0) is 30.5. The standard InChI is InChI=1S/C29H35N7O6/c30-21(13-18-7-3-1-4-8-18)26(38)35-23(14-19-9-5-2-6-10-19)27(39)36-24(15-20-16-32-17-33-20)28(40)34-22(29(41)42)11-12-25(31)37/h1-10,16-17,21-24H,11-15,30H2,(H2,31,37)(H,32,33)(H,34,40)(H,35,38)(H,36,39)(H,41,42). The summed E-state index contributed by atoms with van der Waals surface area (Å²) in [7, 11) is 0. The van der Waals surface area contributed by atoms with Crippen molar-refractivity contribution in [3.8, 4) is 0 Å². The molecule has 0 saturated carbocycles. The fourth-order valence-corrected chi connectivity index (χ4v) is 4.21. The van der Waals surface area contributed by atoms with E-state index in [9.17, 15) is 29.1 Å². The van der Waals surface area contributed by atoms with Crippen LogP contribution in [0.15, 0.2) is 73.2 Å². The molecule has 0 radical (unpaired) electrons. The summed E-state index contributed by atoms with van der Waals surface area (Å²) in [6.07, 6.45) is 2.66. The number of carboxylic acid groups (broad SMARTS) is 1. The summed E-state index contributed by atoms with van der Waals surface area (Å²) in [4.78, 5) is 69.5. The molecule has 0 saturated heterocycles. The van der Waals surface area contributed by atoms with Crippen molar-refractivity contribution in [2.45, 2.75) is 56.3 Å². The van der Waals surface area contributed by atoms with E-state index in [2.05, 4.69) is 25.9 Å². The van der Waals surface area contributed by atoms with Gasteiger partial charge in [0, 0.05) is 31.2 Å². The summed E-state index contributed by atoms with van der Waals surface area (Å²) >= 11 is 0. The minimum Gasteiger partial charge on any atom is -0.480 e. The molecular formula is C29H35N7O6. The Morgan fingerprint density at radius 2 is 1.29 bits per heavy atom. The molecule has 13 nitrogen and oxygen atoms in total. The van der Waals surface area contributed by atoms with Gasteiger partial charge in [0.25, 0.3) is 0 Å². The Bertz CT molecular complexity index is 1340. The molecule has 0 bridgehead atoms. The average Bonchev–Trinajstić information content (AvgIpc) is 3.48. The third-order valence-electron chi connectivity index (χ3n) is 6.46. The zero-order valence-electron chi connectivity index (χ0n) is 22.9. The highest BCUT2D eigenvalue weighted by Crippen LogP contribution is 2.08. The number of hydrogen-bond acceptors (Lipinski definition) is 7. The van der Waals surface area contributed by atoms with Gasteiger partial charge < -0.3 is 37.5 Å². The number of carboxylic acids is 1. The quantitative estimate of drug-likeness (QED) is 0.118. The van der Waals surface area contributed by atoms with Gasteiger partial charge in [-0.2, -0.15) is 0 Å². The number of nitrogens with two attached hydrogens (primary N) is 2. The number of aliphatic carboxylic acids is 1. The summed E-state index contributed by atoms with van der Waals surface area (Å²) in [5.74, 6) is -4.12. The second kappa shape index (κ2) is 15.7. The third-order valence-corrected chi connectivity index (χ3v) is 6.46. The Labute approximate surface area is 242 Å². The number of amides is 4. The molecular weight excluding hydrogens is 542 g/mol. The fraction of sp³-hybridized carbons (Fsp3) is 0.310. The van der Waals surface area contributed by atoms with Crippen LogP contribution in [0.3, 0.4) is 0 Å². The average molecular weight is 578 g/mol. The predicted molar refractivity (Wildman–Crippen MR) is 152 cm³/mol. The van der Waals surface area contributed by atoms with E-state index in [0.29, 0.717) is 5.69 Å². The Morgan fingerprint density at radius 3 is 1.81 bits per heavy atom. The molecule has 3 aromatic rings. The second-order valence-corrected chi connectivity index (χ2v) is 9.79. The van der Waals surface area contributed by atoms with E-state index < -0.39 is 53.8 Å². The number of rotatable bonds is 16. The molecule has 9 N–H and O–H groups in total. The van der Waals surface area contributed by atoms with Gasteiger partial charge in [0.05, 0.1) is 12.4 Å². The van der Waals surface area contributed by atoms with Crippen molar-refractivity contribution in [1.29, 1.82) is 0 Å². The van der Waals surface area contributed by atoms with Crippen LogP contribution in [-0.2, 0) is 43.2 Å². The lowest BCUT2D eigenvalue weighted by Crippen LogP contribution is -2.58. The number of aromatic amines is 1. The summed E-state index contributed by atoms with van der Waals surface area (Å²) in [5.41, 5.74) is 13.4. The van der Waals surface area contributed by atoms with E-state index >= 15 is 0 Å². The normalized spacial score (nSPS) is 13.6. The number of nitrogens with one attached hydrogen (secondary N) is 4. The van der Waals surface area contributed by atoms with Gasteiger partial charge in [-0.15, -0.1) is 0 Å². The van der Waals surface area contributed by atoms with Gasteiger partial charge in [0.15, 0.2) is 0 Å². The molecule has 4 atom stereocenters. The maximum absolute atomic E-state index is 13.6. The molecule has 2 aromatic carbocycles. The van der Waals surface area contributed by atoms with Crippen LogP contribution in [0.4, 0.5) is 0 Å². The number of hydrogen-bond donors (Lipinski definition) is 7. The first-order valence-corrected chi connectivity index (χ1v) is 13.3. The third kappa shape index (κ3) is 10.2. The molecule has 0 spiro atoms. The number of benzene rings is 2. The number of primary amides is 1. The number of imidazole rings is 1. The molecule has 4 amide bonds. The molecule has 1 aromatic heterocycles. The van der Waals surface area contributed by atoms with Crippen molar-refractivity contribution in [2.24, 2.45) is 11.5 Å². The molecule has 0 aliphatic rings. The van der Waals surface area contributed by atoms with Gasteiger partial charge >= 0.3 is 5.97 Å². The first-order chi connectivity index (χ1) is 20.1. The Hall–Kier alpha value is -5.04. The molecule has 1 heterocycles. The summed E-state index contributed by atoms with van der Waals surface area (Å²) < 4.78 is 0. The number of carbonyl (C=O) groups is 5. The Kier molecular flexibility index (Phi) is 11.7. The van der Waals surface area contributed by atoms with Crippen LogP contribution in [0, 0.1) is 0 Å². The van der Waals surface area contributed by atoms with Crippen LogP contribution < -0.4 is 27.4 Å². The smallest absolute Gasteiger partial charge is 0.326 e. The second-order valence-electron chi connectivity index (χ2n) is 9.79. The number of aromatic nitrogens is 2. The number of carbonyl (C=O) groups excluding carboxylic acids is 4. The van der Waals surface area contributed by atoms with E-state index in [1.807, 2.05) is 36.4 Å². The number of nitrogens with zero attached hydrogens (tertiary/aromatic N) is 1. The van der Waals surface area contributed by atoms with E-state index in [4.69, 9.17) is 11.5 Å². The predicted octanol–water partition coefficient (Wildman–Crippen LogP) is -0.431. The molecule has 3 rings (SSSR count). The summed E-state index contributed by atoms with van der Waals surface area (Å²) in [6, 6.07) is 13.5. The molecule has 4 unspecified atom stereocenters. The Balaban J connectivity index is 1.79. The van der Waals surface area contributed by atoms with Gasteiger partial charge in [-0.05, 0) is 24.0 Å². The SMILES string of the molecule is NC(=O)CCC(NC(=O)C(Cc1cnc[nH]1)NC(=O)C(Cc1ccccc1)NC(=O)C(N)Cc1ccccc1)C(=O)O. The monoisotopic (exact) mass is 577 g/mol. The lowest BCUT2D eigenvalue weighted by Gasteiger charge is -2.25. The van der Waals surface area contributed by atoms with Crippen LogP contribution in [-0.4, -0.2) is 68.8 Å². The van der Waals surface area contributed by atoms with Crippen molar-refractivity contribution in [2.75, 3.05) is 0 Å². The summed E-state index contributed by atoms with van der Waals surface area (Å²) in [6.45, 7) is 0. The minimum atomic E-state index is -1.41. The van der Waals surface area contributed by atoms with Crippen molar-refractivity contribution in [3.05, 3.63) is 90.0 Å². The molecule has 0 aliphatic heterocycles. The largest absolute Gasteiger partial charge is 0.480 e. The van der Waals surface area contributed by atoms with Crippen molar-refractivity contribution in [3.63, 3.8) is 0 Å². The molecule has 222 valence electrons. The van der Waals surface area contributed by atoms with Crippen LogP contribution in [0.25, 0.3) is 0 Å². The lowest BCUT2D eigenvalue weighted by molar-refractivity contribution is -0.142. The highest BCUT2D eigenvalue weighted by molar-refractivity contribution is 5.94. The van der Waals surface area contributed by atoms with E-state index in [1.54, 1.807) is 24.3 Å². The number of H-pyrrole nitrogens is 1. The van der Waals surface area contributed by atoms with Crippen molar-refractivity contribution < 1.29 is 29.1 Å². The van der Waals surface area contributed by atoms with Gasteiger partial charge in [0.1, 0.15) is 18.1 Å². The van der Waals surface area contributed by atoms with Crippen LogP contribution in [0.2, 0.25) is 0 Å². The molecule has 0 aliphatic carbocycles. The van der Waals surface area contributed by atoms with E-state index in [0.717, 1.165) is 11.1 Å². The Morgan fingerprint density at radius 1 is 0.762 bits per heavy atom. The highest BCUT2D eigenvalue weighted by Gasteiger charge is 2.31. The summed E-state index contributed by atoms with van der Waals surface area (Å²) in [5, 5.41) is 17.2. The van der Waals surface area contributed by atoms with Gasteiger partial charge in [-0.25, -0.2) is 9.78 Å². The maximum Gasteiger partial charge on any atom is 0.326 e. The molecule has 42 heavy (non-hydrogen) atoms. The molecule has 0 fully saturated rings. The minimum absolute atomic E-state index is 0.0563. The van der Waals surface area contributed by atoms with E-state index in [-0.39, 0.29) is 32.1 Å². The highest BCUT2D eigenvalue weighted by atomic mass is 16.4. The van der Waals surface area contributed by atoms with Crippen LogP contribution >= 0.6 is 0 Å². The van der Waals surface area contributed by atoms with Gasteiger partial charge in [-0.1, -0.05) is 60.7 Å². The van der Waals surface area contributed by atoms with Crippen molar-refractivity contribution >= 4 is 29.6 Å². The fourth-order valence-electron chi connectivity index (χ4n) is 4.21. The first-order valence-electron chi connectivity index (χ1n) is 13.3. The van der Waals surface area contributed by atoms with E-state index in [1.165, 1.54) is 12.5 Å². The van der Waals surface area contributed by atoms with Gasteiger partial charge in [0.2, 0.25) is 23.6 Å². The van der Waals surface area contributed by atoms with Gasteiger partial charge in [-0.3, -0.25) is 19.2 Å².